The Bertz CT molecular complexity index is 1030. The number of hydrogen-bond donors (Lipinski definition) is 2. The van der Waals surface area contributed by atoms with E-state index in [-0.39, 0.29) is 17.2 Å². The maximum Gasteiger partial charge on any atom is 0.263 e. The SMILES string of the molecule is Cc1c(Br)cnn1CCC(=O)Nc1ccc(S(=O)(=O)Nc2nccs2)cc1. The molecule has 1 amide bonds. The van der Waals surface area contributed by atoms with Gasteiger partial charge in [-0.2, -0.15) is 5.10 Å². The van der Waals surface area contributed by atoms with Crippen LogP contribution in [0.1, 0.15) is 12.1 Å². The van der Waals surface area contributed by atoms with E-state index >= 15 is 0 Å². The maximum absolute atomic E-state index is 12.3. The normalized spacial score (nSPS) is 11.3. The average Bonchev–Trinajstić information content (AvgIpc) is 3.24. The van der Waals surface area contributed by atoms with Crippen LogP contribution < -0.4 is 10.0 Å². The highest BCUT2D eigenvalue weighted by Crippen LogP contribution is 2.20. The highest BCUT2D eigenvalue weighted by atomic mass is 79.9. The summed E-state index contributed by atoms with van der Waals surface area (Å²) < 4.78 is 29.6. The van der Waals surface area contributed by atoms with Gasteiger partial charge in [0.15, 0.2) is 5.13 Å². The van der Waals surface area contributed by atoms with E-state index in [1.807, 2.05) is 6.92 Å². The Morgan fingerprint density at radius 2 is 2.04 bits per heavy atom. The highest BCUT2D eigenvalue weighted by molar-refractivity contribution is 9.10. The molecule has 1 aromatic carbocycles. The monoisotopic (exact) mass is 469 g/mol. The van der Waals surface area contributed by atoms with Gasteiger partial charge in [0.2, 0.25) is 5.91 Å². The Hall–Kier alpha value is -2.24. The predicted molar refractivity (Wildman–Crippen MR) is 107 cm³/mol. The highest BCUT2D eigenvalue weighted by Gasteiger charge is 2.15. The number of aromatic nitrogens is 3. The fourth-order valence-electron chi connectivity index (χ4n) is 2.25. The van der Waals surface area contributed by atoms with E-state index in [0.717, 1.165) is 10.2 Å². The van der Waals surface area contributed by atoms with Gasteiger partial charge in [0.1, 0.15) is 0 Å². The molecule has 0 aliphatic heterocycles. The van der Waals surface area contributed by atoms with Crippen LogP contribution in [0.2, 0.25) is 0 Å². The molecule has 0 fully saturated rings. The summed E-state index contributed by atoms with van der Waals surface area (Å²) >= 11 is 4.57. The second kappa shape index (κ2) is 8.19. The lowest BCUT2D eigenvalue weighted by Gasteiger charge is -2.08. The molecule has 0 atom stereocenters. The zero-order chi connectivity index (χ0) is 19.4. The minimum Gasteiger partial charge on any atom is -0.326 e. The Kier molecular flexibility index (Phi) is 5.92. The molecule has 0 unspecified atom stereocenters. The fraction of sp³-hybridized carbons (Fsp3) is 0.188. The van der Waals surface area contributed by atoms with E-state index in [4.69, 9.17) is 0 Å². The molecule has 11 heteroatoms. The molecule has 0 radical (unpaired) electrons. The third-order valence-electron chi connectivity index (χ3n) is 3.70. The number of benzene rings is 1. The second-order valence-electron chi connectivity index (χ2n) is 5.57. The van der Waals surface area contributed by atoms with Crippen molar-refractivity contribution in [3.05, 3.63) is 52.2 Å². The molecule has 2 heterocycles. The lowest BCUT2D eigenvalue weighted by Crippen LogP contribution is -2.16. The van der Waals surface area contributed by atoms with E-state index in [2.05, 4.69) is 36.1 Å². The van der Waals surface area contributed by atoms with Crippen molar-refractivity contribution in [2.45, 2.75) is 24.8 Å². The molecule has 0 saturated carbocycles. The zero-order valence-electron chi connectivity index (χ0n) is 14.2. The van der Waals surface area contributed by atoms with Crippen LogP contribution >= 0.6 is 27.3 Å². The minimum absolute atomic E-state index is 0.0905. The van der Waals surface area contributed by atoms with E-state index in [1.54, 1.807) is 28.4 Å². The van der Waals surface area contributed by atoms with Crippen LogP contribution in [0, 0.1) is 6.92 Å². The van der Waals surface area contributed by atoms with Crippen molar-refractivity contribution >= 4 is 54.0 Å². The van der Waals surface area contributed by atoms with E-state index in [9.17, 15) is 13.2 Å². The maximum atomic E-state index is 12.3. The van der Waals surface area contributed by atoms with Crippen molar-refractivity contribution in [2.75, 3.05) is 10.0 Å². The van der Waals surface area contributed by atoms with Crippen LogP contribution in [0.25, 0.3) is 0 Å². The molecule has 27 heavy (non-hydrogen) atoms. The minimum atomic E-state index is -3.71. The number of carbonyl (C=O) groups excluding carboxylic acids is 1. The molecule has 2 aromatic heterocycles. The third kappa shape index (κ3) is 4.93. The summed E-state index contributed by atoms with van der Waals surface area (Å²) in [6, 6.07) is 5.95. The number of hydrogen-bond acceptors (Lipinski definition) is 6. The van der Waals surface area contributed by atoms with Crippen LogP contribution in [0.15, 0.2) is 51.4 Å². The molecule has 0 aliphatic carbocycles. The molecule has 2 N–H and O–H groups in total. The molecule has 0 saturated heterocycles. The molecule has 8 nitrogen and oxygen atoms in total. The van der Waals surface area contributed by atoms with E-state index in [0.29, 0.717) is 17.4 Å². The van der Waals surface area contributed by atoms with Crippen molar-refractivity contribution in [2.24, 2.45) is 0 Å². The van der Waals surface area contributed by atoms with Crippen LogP contribution in [-0.4, -0.2) is 29.1 Å². The number of amides is 1. The summed E-state index contributed by atoms with van der Waals surface area (Å²) in [6.45, 7) is 2.36. The number of anilines is 2. The molecule has 0 spiro atoms. The van der Waals surface area contributed by atoms with Crippen molar-refractivity contribution < 1.29 is 13.2 Å². The number of carbonyl (C=O) groups is 1. The Labute approximate surface area is 168 Å². The molecule has 0 bridgehead atoms. The van der Waals surface area contributed by atoms with Gasteiger partial charge in [-0.05, 0) is 47.1 Å². The summed E-state index contributed by atoms with van der Waals surface area (Å²) in [4.78, 5) is 16.1. The van der Waals surface area contributed by atoms with Crippen LogP contribution in [0.5, 0.6) is 0 Å². The quantitative estimate of drug-likeness (QED) is 0.552. The number of rotatable bonds is 7. The Morgan fingerprint density at radius 3 is 2.63 bits per heavy atom. The van der Waals surface area contributed by atoms with Gasteiger partial charge in [-0.25, -0.2) is 13.4 Å². The summed E-state index contributed by atoms with van der Waals surface area (Å²) in [5, 5.41) is 8.90. The first kappa shape index (κ1) is 19.5. The summed E-state index contributed by atoms with van der Waals surface area (Å²) in [5.74, 6) is -0.183. The second-order valence-corrected chi connectivity index (χ2v) is 9.00. The van der Waals surface area contributed by atoms with Crippen LogP contribution in [0.4, 0.5) is 10.8 Å². The number of halogens is 1. The first-order chi connectivity index (χ1) is 12.8. The number of thiazole rings is 1. The van der Waals surface area contributed by atoms with E-state index in [1.165, 1.54) is 29.7 Å². The van der Waals surface area contributed by atoms with Crippen LogP contribution in [-0.2, 0) is 21.4 Å². The first-order valence-electron chi connectivity index (χ1n) is 7.85. The van der Waals surface area contributed by atoms with Crippen molar-refractivity contribution in [1.82, 2.24) is 14.8 Å². The topological polar surface area (TPSA) is 106 Å². The standard InChI is InChI=1S/C16H16BrN5O3S2/c1-11-14(17)10-19-22(11)8-6-15(23)20-12-2-4-13(5-3-12)27(24,25)21-16-18-7-9-26-16/h2-5,7,9-10H,6,8H2,1H3,(H,18,21)(H,20,23). The summed E-state index contributed by atoms with van der Waals surface area (Å²) in [7, 11) is -3.71. The molecule has 0 aliphatic rings. The zero-order valence-corrected chi connectivity index (χ0v) is 17.4. The molecular formula is C16H16BrN5O3S2. The number of nitrogens with zero attached hydrogens (tertiary/aromatic N) is 3. The predicted octanol–water partition coefficient (Wildman–Crippen LogP) is 3.24. The molecular weight excluding hydrogens is 454 g/mol. The van der Waals surface area contributed by atoms with Crippen molar-refractivity contribution in [3.8, 4) is 0 Å². The van der Waals surface area contributed by atoms with E-state index < -0.39 is 10.0 Å². The molecule has 3 rings (SSSR count). The largest absolute Gasteiger partial charge is 0.326 e. The lowest BCUT2D eigenvalue weighted by molar-refractivity contribution is -0.116. The van der Waals surface area contributed by atoms with Crippen LogP contribution in [0.3, 0.4) is 0 Å². The number of nitrogens with one attached hydrogen (secondary N) is 2. The first-order valence-corrected chi connectivity index (χ1v) is 11.0. The number of aryl methyl sites for hydroxylation is 1. The van der Waals surface area contributed by atoms with Crippen molar-refractivity contribution in [1.29, 1.82) is 0 Å². The van der Waals surface area contributed by atoms with Gasteiger partial charge < -0.3 is 5.32 Å². The smallest absolute Gasteiger partial charge is 0.263 e. The summed E-state index contributed by atoms with van der Waals surface area (Å²) in [5.41, 5.74) is 1.47. The molecule has 142 valence electrons. The Balaban J connectivity index is 1.58. The van der Waals surface area contributed by atoms with Gasteiger partial charge in [-0.3, -0.25) is 14.2 Å². The van der Waals surface area contributed by atoms with Gasteiger partial charge in [0.05, 0.1) is 22.1 Å². The lowest BCUT2D eigenvalue weighted by atomic mass is 10.3. The van der Waals surface area contributed by atoms with Gasteiger partial charge >= 0.3 is 0 Å². The van der Waals surface area contributed by atoms with Gasteiger partial charge in [-0.1, -0.05) is 0 Å². The third-order valence-corrected chi connectivity index (χ3v) is 6.65. The summed E-state index contributed by atoms with van der Waals surface area (Å²) in [6.07, 6.45) is 3.46. The fourth-order valence-corrected chi connectivity index (χ4v) is 4.33. The van der Waals surface area contributed by atoms with Gasteiger partial charge in [-0.15, -0.1) is 11.3 Å². The van der Waals surface area contributed by atoms with Crippen molar-refractivity contribution in [3.63, 3.8) is 0 Å². The average molecular weight is 470 g/mol. The van der Waals surface area contributed by atoms with Gasteiger partial charge in [0, 0.05) is 29.4 Å². The number of sulfonamides is 1. The van der Waals surface area contributed by atoms with Gasteiger partial charge in [0.25, 0.3) is 10.0 Å². The Morgan fingerprint density at radius 1 is 1.30 bits per heavy atom. The molecule has 3 aromatic rings.